The SMILES string of the molecule is CC(C)N(CCCC[C@@H](NC(=O)OC(C)(C)C)C(=O)O)C(=O)OCc1ccccc1. The van der Waals surface area contributed by atoms with Gasteiger partial charge in [0.05, 0.1) is 0 Å². The van der Waals surface area contributed by atoms with Crippen molar-refractivity contribution in [2.45, 2.75) is 78.2 Å². The molecule has 8 heteroatoms. The monoisotopic (exact) mass is 422 g/mol. The first kappa shape index (κ1) is 25.3. The number of carboxylic acids is 1. The van der Waals surface area contributed by atoms with E-state index in [-0.39, 0.29) is 19.1 Å². The summed E-state index contributed by atoms with van der Waals surface area (Å²) in [6.45, 7) is 9.55. The molecule has 2 N–H and O–H groups in total. The summed E-state index contributed by atoms with van der Waals surface area (Å²) in [5.41, 5.74) is 0.206. The summed E-state index contributed by atoms with van der Waals surface area (Å²) in [4.78, 5) is 37.2. The second-order valence-electron chi connectivity index (χ2n) is 8.36. The van der Waals surface area contributed by atoms with Gasteiger partial charge in [-0.2, -0.15) is 0 Å². The van der Waals surface area contributed by atoms with Gasteiger partial charge in [-0.25, -0.2) is 14.4 Å². The van der Waals surface area contributed by atoms with Gasteiger partial charge in [0.25, 0.3) is 0 Å². The molecule has 1 aromatic rings. The number of carbonyl (C=O) groups is 3. The Bertz CT molecular complexity index is 685. The zero-order chi connectivity index (χ0) is 22.7. The van der Waals surface area contributed by atoms with Crippen LogP contribution in [0.5, 0.6) is 0 Å². The molecule has 168 valence electrons. The second kappa shape index (κ2) is 12.0. The van der Waals surface area contributed by atoms with Gasteiger partial charge in [0.1, 0.15) is 18.2 Å². The summed E-state index contributed by atoms with van der Waals surface area (Å²) in [6.07, 6.45) is 0.165. The number of carbonyl (C=O) groups excluding carboxylic acids is 2. The summed E-state index contributed by atoms with van der Waals surface area (Å²) in [5, 5.41) is 11.7. The molecule has 1 rings (SSSR count). The van der Waals surface area contributed by atoms with E-state index in [9.17, 15) is 19.5 Å². The fourth-order valence-electron chi connectivity index (χ4n) is 2.70. The van der Waals surface area contributed by atoms with Gasteiger partial charge < -0.3 is 24.8 Å². The molecule has 0 heterocycles. The van der Waals surface area contributed by atoms with E-state index in [0.717, 1.165) is 5.56 Å². The van der Waals surface area contributed by atoms with Gasteiger partial charge in [-0.1, -0.05) is 30.3 Å². The van der Waals surface area contributed by atoms with Crippen molar-refractivity contribution in [3.05, 3.63) is 35.9 Å². The molecule has 0 aliphatic rings. The van der Waals surface area contributed by atoms with Crippen LogP contribution in [0.1, 0.15) is 59.4 Å². The van der Waals surface area contributed by atoms with Gasteiger partial charge in [-0.05, 0) is 59.4 Å². The highest BCUT2D eigenvalue weighted by molar-refractivity contribution is 5.79. The predicted octanol–water partition coefficient (Wildman–Crippen LogP) is 4.18. The molecule has 1 atom stereocenters. The Morgan fingerprint density at radius 1 is 1.10 bits per heavy atom. The zero-order valence-electron chi connectivity index (χ0n) is 18.5. The summed E-state index contributed by atoms with van der Waals surface area (Å²) in [5.74, 6) is -1.12. The standard InChI is InChI=1S/C22H34N2O6/c1-16(2)24(21(28)29-15-17-11-7-6-8-12-17)14-10-9-13-18(19(25)26)23-20(27)30-22(3,4)5/h6-8,11-12,16,18H,9-10,13-15H2,1-5H3,(H,23,27)(H,25,26)/t18-/m1/s1. The number of amides is 2. The first-order valence-corrected chi connectivity index (χ1v) is 10.2. The first-order valence-electron chi connectivity index (χ1n) is 10.2. The number of hydrogen-bond acceptors (Lipinski definition) is 5. The van der Waals surface area contributed by atoms with Crippen molar-refractivity contribution < 1.29 is 29.0 Å². The lowest BCUT2D eigenvalue weighted by Crippen LogP contribution is -2.43. The second-order valence-corrected chi connectivity index (χ2v) is 8.36. The molecule has 0 aliphatic carbocycles. The Kier molecular flexibility index (Phi) is 10.1. The maximum Gasteiger partial charge on any atom is 0.410 e. The third-order valence-corrected chi connectivity index (χ3v) is 4.19. The third-order valence-electron chi connectivity index (χ3n) is 4.19. The molecule has 1 aromatic carbocycles. The van der Waals surface area contributed by atoms with Crippen LogP contribution in [-0.4, -0.2) is 52.4 Å². The molecular weight excluding hydrogens is 388 g/mol. The topological polar surface area (TPSA) is 105 Å². The highest BCUT2D eigenvalue weighted by atomic mass is 16.6. The van der Waals surface area contributed by atoms with Crippen molar-refractivity contribution in [2.75, 3.05) is 6.54 Å². The molecule has 0 radical (unpaired) electrons. The van der Waals surface area contributed by atoms with Crippen LogP contribution in [0, 0.1) is 0 Å². The van der Waals surface area contributed by atoms with Gasteiger partial charge in [-0.3, -0.25) is 0 Å². The maximum atomic E-state index is 12.4. The number of benzene rings is 1. The van der Waals surface area contributed by atoms with E-state index in [0.29, 0.717) is 19.4 Å². The molecular formula is C22H34N2O6. The molecule has 0 aromatic heterocycles. The fraction of sp³-hybridized carbons (Fsp3) is 0.591. The molecule has 0 fully saturated rings. The van der Waals surface area contributed by atoms with Gasteiger partial charge in [0.2, 0.25) is 0 Å². The van der Waals surface area contributed by atoms with E-state index in [1.54, 1.807) is 25.7 Å². The minimum atomic E-state index is -1.12. The normalized spacial score (nSPS) is 12.2. The van der Waals surface area contributed by atoms with Crippen LogP contribution in [0.25, 0.3) is 0 Å². The van der Waals surface area contributed by atoms with Crippen LogP contribution < -0.4 is 5.32 Å². The minimum Gasteiger partial charge on any atom is -0.480 e. The number of rotatable bonds is 10. The quantitative estimate of drug-likeness (QED) is 0.548. The average Bonchev–Trinajstić information content (AvgIpc) is 2.64. The molecule has 30 heavy (non-hydrogen) atoms. The van der Waals surface area contributed by atoms with Gasteiger partial charge in [0.15, 0.2) is 0 Å². The first-order chi connectivity index (χ1) is 14.0. The third kappa shape index (κ3) is 10.1. The van der Waals surface area contributed by atoms with Gasteiger partial charge in [-0.15, -0.1) is 0 Å². The van der Waals surface area contributed by atoms with E-state index in [2.05, 4.69) is 5.32 Å². The molecule has 2 amide bonds. The smallest absolute Gasteiger partial charge is 0.410 e. The van der Waals surface area contributed by atoms with E-state index in [4.69, 9.17) is 9.47 Å². The van der Waals surface area contributed by atoms with Crippen molar-refractivity contribution in [2.24, 2.45) is 0 Å². The lowest BCUT2D eigenvalue weighted by Gasteiger charge is -2.26. The Hall–Kier alpha value is -2.77. The molecule has 0 saturated carbocycles. The van der Waals surface area contributed by atoms with Crippen LogP contribution in [0.15, 0.2) is 30.3 Å². The number of alkyl carbamates (subject to hydrolysis) is 1. The Balaban J connectivity index is 2.46. The van der Waals surface area contributed by atoms with Crippen molar-refractivity contribution in [1.29, 1.82) is 0 Å². The summed E-state index contributed by atoms with van der Waals surface area (Å²) in [6, 6.07) is 8.34. The Labute approximate surface area is 178 Å². The average molecular weight is 423 g/mol. The van der Waals surface area contributed by atoms with Crippen molar-refractivity contribution in [1.82, 2.24) is 10.2 Å². The molecule has 0 spiro atoms. The lowest BCUT2D eigenvalue weighted by molar-refractivity contribution is -0.139. The fourth-order valence-corrected chi connectivity index (χ4v) is 2.70. The van der Waals surface area contributed by atoms with Crippen molar-refractivity contribution in [3.63, 3.8) is 0 Å². The van der Waals surface area contributed by atoms with Crippen LogP contribution in [0.3, 0.4) is 0 Å². The molecule has 0 aliphatic heterocycles. The summed E-state index contributed by atoms with van der Waals surface area (Å²) in [7, 11) is 0. The molecule has 0 saturated heterocycles. The number of carboxylic acid groups (broad SMARTS) is 1. The van der Waals surface area contributed by atoms with Crippen LogP contribution >= 0.6 is 0 Å². The Morgan fingerprint density at radius 2 is 1.73 bits per heavy atom. The van der Waals surface area contributed by atoms with Crippen LogP contribution in [0.4, 0.5) is 9.59 Å². The van der Waals surface area contributed by atoms with Gasteiger partial charge in [0, 0.05) is 12.6 Å². The molecule has 8 nitrogen and oxygen atoms in total. The number of hydrogen-bond donors (Lipinski definition) is 2. The van der Waals surface area contributed by atoms with Gasteiger partial charge >= 0.3 is 18.2 Å². The zero-order valence-corrected chi connectivity index (χ0v) is 18.5. The predicted molar refractivity (Wildman–Crippen MR) is 113 cm³/mol. The van der Waals surface area contributed by atoms with E-state index in [1.807, 2.05) is 44.2 Å². The van der Waals surface area contributed by atoms with Crippen LogP contribution in [-0.2, 0) is 20.9 Å². The van der Waals surface area contributed by atoms with Crippen molar-refractivity contribution >= 4 is 18.2 Å². The van der Waals surface area contributed by atoms with Crippen LogP contribution in [0.2, 0.25) is 0 Å². The van der Waals surface area contributed by atoms with E-state index in [1.165, 1.54) is 0 Å². The number of ether oxygens (including phenoxy) is 2. The number of unbranched alkanes of at least 4 members (excludes halogenated alkanes) is 1. The molecule has 0 bridgehead atoms. The Morgan fingerprint density at radius 3 is 2.27 bits per heavy atom. The largest absolute Gasteiger partial charge is 0.480 e. The maximum absolute atomic E-state index is 12.4. The summed E-state index contributed by atoms with van der Waals surface area (Å²) >= 11 is 0. The molecule has 0 unspecified atom stereocenters. The highest BCUT2D eigenvalue weighted by Gasteiger charge is 2.24. The van der Waals surface area contributed by atoms with E-state index < -0.39 is 29.8 Å². The highest BCUT2D eigenvalue weighted by Crippen LogP contribution is 2.11. The number of nitrogens with one attached hydrogen (secondary N) is 1. The number of nitrogens with zero attached hydrogens (tertiary/aromatic N) is 1. The summed E-state index contributed by atoms with van der Waals surface area (Å²) < 4.78 is 10.5. The van der Waals surface area contributed by atoms with Crippen molar-refractivity contribution in [3.8, 4) is 0 Å². The van der Waals surface area contributed by atoms with E-state index >= 15 is 0 Å². The lowest BCUT2D eigenvalue weighted by atomic mass is 10.1. The number of aliphatic carboxylic acids is 1. The minimum absolute atomic E-state index is 0.0524.